The predicted molar refractivity (Wildman–Crippen MR) is 50.2 cm³/mol. The minimum atomic E-state index is -0.307. The first-order chi connectivity index (χ1) is 6.15. The van der Waals surface area contributed by atoms with Gasteiger partial charge in [-0.1, -0.05) is 13.3 Å². The van der Waals surface area contributed by atoms with Crippen LogP contribution in [0.5, 0.6) is 0 Å². The number of Topliss-reactive ketones (excluding diaryl/α,β-unsaturated/α-hetero) is 1. The number of carbonyl (C=O) groups is 2. The molecular formula is C10H17NO2. The third kappa shape index (κ3) is 2.54. The number of carbonyl (C=O) groups excluding carboxylic acids is 2. The largest absolute Gasteiger partial charge is 0.346 e. The first kappa shape index (κ1) is 10.2. The number of hydrogen-bond donors (Lipinski definition) is 1. The molecule has 0 aromatic heterocycles. The maximum atomic E-state index is 11.4. The van der Waals surface area contributed by atoms with Gasteiger partial charge in [0.25, 0.3) is 0 Å². The lowest BCUT2D eigenvalue weighted by atomic mass is 9.84. The maximum absolute atomic E-state index is 11.4. The van der Waals surface area contributed by atoms with E-state index in [9.17, 15) is 9.59 Å². The van der Waals surface area contributed by atoms with Crippen LogP contribution in [0.2, 0.25) is 0 Å². The van der Waals surface area contributed by atoms with Gasteiger partial charge in [-0.2, -0.15) is 0 Å². The topological polar surface area (TPSA) is 46.2 Å². The summed E-state index contributed by atoms with van der Waals surface area (Å²) in [5.74, 6) is 0.334. The smallest absolute Gasteiger partial charge is 0.223 e. The van der Waals surface area contributed by atoms with Crippen LogP contribution in [0.3, 0.4) is 0 Å². The molecule has 1 unspecified atom stereocenters. The van der Waals surface area contributed by atoms with E-state index in [1.807, 2.05) is 6.92 Å². The molecule has 1 amide bonds. The zero-order chi connectivity index (χ0) is 9.84. The summed E-state index contributed by atoms with van der Waals surface area (Å²) < 4.78 is 0. The van der Waals surface area contributed by atoms with Crippen molar-refractivity contribution in [3.8, 4) is 0 Å². The van der Waals surface area contributed by atoms with E-state index in [2.05, 4.69) is 5.32 Å². The lowest BCUT2D eigenvalue weighted by Crippen LogP contribution is -2.43. The van der Waals surface area contributed by atoms with E-state index >= 15 is 0 Å². The standard InChI is InChI=1S/C10H17NO2/c1-3-9(12)7(2)11-10(13)8-5-4-6-8/h7-8H,3-6H2,1-2H3,(H,11,13). The van der Waals surface area contributed by atoms with Gasteiger partial charge in [-0.25, -0.2) is 0 Å². The molecule has 0 bridgehead atoms. The van der Waals surface area contributed by atoms with Crippen LogP contribution >= 0.6 is 0 Å². The quantitative estimate of drug-likeness (QED) is 0.713. The zero-order valence-corrected chi connectivity index (χ0v) is 8.30. The summed E-state index contributed by atoms with van der Waals surface area (Å²) in [5, 5.41) is 2.74. The Kier molecular flexibility index (Phi) is 3.46. The van der Waals surface area contributed by atoms with Crippen LogP contribution in [-0.4, -0.2) is 17.7 Å². The normalized spacial score (nSPS) is 18.9. The van der Waals surface area contributed by atoms with Gasteiger partial charge in [-0.05, 0) is 19.8 Å². The third-order valence-corrected chi connectivity index (χ3v) is 2.67. The average molecular weight is 183 g/mol. The van der Waals surface area contributed by atoms with Crippen LogP contribution in [0.25, 0.3) is 0 Å². The van der Waals surface area contributed by atoms with Crippen molar-refractivity contribution in [2.45, 2.75) is 45.6 Å². The molecule has 13 heavy (non-hydrogen) atoms. The Bertz CT molecular complexity index is 209. The molecule has 0 aliphatic heterocycles. The lowest BCUT2D eigenvalue weighted by Gasteiger charge is -2.25. The SMILES string of the molecule is CCC(=O)C(C)NC(=O)C1CCC1. The summed E-state index contributed by atoms with van der Waals surface area (Å²) >= 11 is 0. The van der Waals surface area contributed by atoms with Crippen LogP contribution in [0.1, 0.15) is 39.5 Å². The monoisotopic (exact) mass is 183 g/mol. The van der Waals surface area contributed by atoms with Gasteiger partial charge in [0.1, 0.15) is 0 Å². The summed E-state index contributed by atoms with van der Waals surface area (Å²) in [6.07, 6.45) is 3.61. The van der Waals surface area contributed by atoms with Crippen LogP contribution in [0.15, 0.2) is 0 Å². The van der Waals surface area contributed by atoms with Gasteiger partial charge < -0.3 is 5.32 Å². The van der Waals surface area contributed by atoms with Gasteiger partial charge in [0.05, 0.1) is 6.04 Å². The fourth-order valence-electron chi connectivity index (χ4n) is 1.39. The van der Waals surface area contributed by atoms with Crippen LogP contribution in [0.4, 0.5) is 0 Å². The van der Waals surface area contributed by atoms with Gasteiger partial charge in [-0.15, -0.1) is 0 Å². The Morgan fingerprint density at radius 1 is 1.46 bits per heavy atom. The molecule has 0 radical (unpaired) electrons. The van der Waals surface area contributed by atoms with E-state index < -0.39 is 0 Å². The number of amides is 1. The number of rotatable bonds is 4. The highest BCUT2D eigenvalue weighted by Crippen LogP contribution is 2.26. The van der Waals surface area contributed by atoms with E-state index in [1.165, 1.54) is 0 Å². The zero-order valence-electron chi connectivity index (χ0n) is 8.30. The van der Waals surface area contributed by atoms with Gasteiger partial charge in [0.15, 0.2) is 5.78 Å². The summed E-state index contributed by atoms with van der Waals surface area (Å²) in [6.45, 7) is 3.57. The summed E-state index contributed by atoms with van der Waals surface area (Å²) in [4.78, 5) is 22.6. The molecular weight excluding hydrogens is 166 g/mol. The van der Waals surface area contributed by atoms with E-state index in [0.717, 1.165) is 19.3 Å². The highest BCUT2D eigenvalue weighted by Gasteiger charge is 2.26. The van der Waals surface area contributed by atoms with Crippen molar-refractivity contribution in [1.29, 1.82) is 0 Å². The minimum absolute atomic E-state index is 0.0561. The van der Waals surface area contributed by atoms with E-state index in [0.29, 0.717) is 6.42 Å². The predicted octanol–water partition coefficient (Wildman–Crippen LogP) is 1.27. The van der Waals surface area contributed by atoms with E-state index in [4.69, 9.17) is 0 Å². The molecule has 0 aromatic rings. The highest BCUT2D eigenvalue weighted by molar-refractivity contribution is 5.89. The summed E-state index contributed by atoms with van der Waals surface area (Å²) in [6, 6.07) is -0.307. The number of hydrogen-bond acceptors (Lipinski definition) is 2. The Hall–Kier alpha value is -0.860. The van der Waals surface area contributed by atoms with Crippen molar-refractivity contribution < 1.29 is 9.59 Å². The van der Waals surface area contributed by atoms with E-state index in [1.54, 1.807) is 6.92 Å². The Morgan fingerprint density at radius 3 is 2.46 bits per heavy atom. The van der Waals surface area contributed by atoms with Gasteiger partial charge >= 0.3 is 0 Å². The second-order valence-electron chi connectivity index (χ2n) is 3.68. The maximum Gasteiger partial charge on any atom is 0.223 e. The molecule has 1 fully saturated rings. The molecule has 3 nitrogen and oxygen atoms in total. The highest BCUT2D eigenvalue weighted by atomic mass is 16.2. The molecule has 0 spiro atoms. The van der Waals surface area contributed by atoms with Crippen LogP contribution < -0.4 is 5.32 Å². The molecule has 0 heterocycles. The van der Waals surface area contributed by atoms with Crippen molar-refractivity contribution >= 4 is 11.7 Å². The molecule has 3 heteroatoms. The molecule has 1 aliphatic rings. The number of nitrogens with one attached hydrogen (secondary N) is 1. The van der Waals surface area contributed by atoms with Crippen molar-refractivity contribution in [3.05, 3.63) is 0 Å². The van der Waals surface area contributed by atoms with Crippen LogP contribution in [-0.2, 0) is 9.59 Å². The Balaban J connectivity index is 2.30. The fourth-order valence-corrected chi connectivity index (χ4v) is 1.39. The molecule has 1 saturated carbocycles. The summed E-state index contributed by atoms with van der Waals surface area (Å²) in [7, 11) is 0. The second kappa shape index (κ2) is 4.40. The second-order valence-corrected chi connectivity index (χ2v) is 3.68. The fraction of sp³-hybridized carbons (Fsp3) is 0.800. The molecule has 1 aliphatic carbocycles. The average Bonchev–Trinajstić information content (AvgIpc) is 1.99. The molecule has 0 saturated heterocycles. The Morgan fingerprint density at radius 2 is 2.08 bits per heavy atom. The first-order valence-electron chi connectivity index (χ1n) is 4.98. The summed E-state index contributed by atoms with van der Waals surface area (Å²) in [5.41, 5.74) is 0. The molecule has 0 aromatic carbocycles. The molecule has 1 atom stereocenters. The van der Waals surface area contributed by atoms with E-state index in [-0.39, 0.29) is 23.7 Å². The van der Waals surface area contributed by atoms with Crippen molar-refractivity contribution in [2.24, 2.45) is 5.92 Å². The van der Waals surface area contributed by atoms with Gasteiger partial charge in [0, 0.05) is 12.3 Å². The molecule has 1 N–H and O–H groups in total. The minimum Gasteiger partial charge on any atom is -0.346 e. The third-order valence-electron chi connectivity index (χ3n) is 2.67. The Labute approximate surface area is 78.9 Å². The molecule has 1 rings (SSSR count). The molecule has 74 valence electrons. The van der Waals surface area contributed by atoms with Crippen molar-refractivity contribution in [1.82, 2.24) is 5.32 Å². The van der Waals surface area contributed by atoms with Crippen LogP contribution in [0, 0.1) is 5.92 Å². The lowest BCUT2D eigenvalue weighted by molar-refractivity contribution is -0.131. The number of ketones is 1. The van der Waals surface area contributed by atoms with Crippen molar-refractivity contribution in [3.63, 3.8) is 0 Å². The van der Waals surface area contributed by atoms with Gasteiger partial charge in [-0.3, -0.25) is 9.59 Å². The van der Waals surface area contributed by atoms with Crippen molar-refractivity contribution in [2.75, 3.05) is 0 Å². The first-order valence-corrected chi connectivity index (χ1v) is 4.98. The van der Waals surface area contributed by atoms with Gasteiger partial charge in [0.2, 0.25) is 5.91 Å².